The molecule has 0 aliphatic rings. The van der Waals surface area contributed by atoms with E-state index in [0.717, 1.165) is 17.1 Å². The van der Waals surface area contributed by atoms with E-state index in [2.05, 4.69) is 15.3 Å². The number of hydrogen-bond donors (Lipinski definition) is 3. The molecule has 0 aliphatic heterocycles. The molecule has 0 atom stereocenters. The van der Waals surface area contributed by atoms with Gasteiger partial charge in [-0.05, 0) is 29.8 Å². The number of hydrogen-bond acceptors (Lipinski definition) is 5. The van der Waals surface area contributed by atoms with Gasteiger partial charge in [0.1, 0.15) is 12.1 Å². The van der Waals surface area contributed by atoms with Crippen molar-refractivity contribution in [3.8, 4) is 17.3 Å². The predicted octanol–water partition coefficient (Wildman–Crippen LogP) is 2.29. The summed E-state index contributed by atoms with van der Waals surface area (Å²) in [5.41, 5.74) is 1.73. The van der Waals surface area contributed by atoms with E-state index in [1.54, 1.807) is 24.8 Å². The van der Waals surface area contributed by atoms with Gasteiger partial charge in [0, 0.05) is 18.9 Å². The highest BCUT2D eigenvalue weighted by atomic mass is 16.3. The molecule has 0 bridgehead atoms. The molecule has 0 amide bonds. The van der Waals surface area contributed by atoms with E-state index in [-0.39, 0.29) is 11.5 Å². The largest absolute Gasteiger partial charge is 0.504 e. The van der Waals surface area contributed by atoms with Crippen molar-refractivity contribution in [1.82, 2.24) is 14.5 Å². The smallest absolute Gasteiger partial charge is 0.157 e. The molecular formula is C15H14N4O2. The van der Waals surface area contributed by atoms with Gasteiger partial charge in [-0.15, -0.1) is 0 Å². The number of phenolic OH excluding ortho intramolecular Hbond substituents is 2. The van der Waals surface area contributed by atoms with Gasteiger partial charge in [0.05, 0.1) is 11.9 Å². The number of phenols is 2. The molecule has 0 spiro atoms. The lowest BCUT2D eigenvalue weighted by Gasteiger charge is -2.08. The number of benzene rings is 1. The number of anilines is 1. The lowest BCUT2D eigenvalue weighted by molar-refractivity contribution is 0.403. The zero-order valence-electron chi connectivity index (χ0n) is 11.1. The second-order valence-electron chi connectivity index (χ2n) is 4.55. The number of rotatable bonds is 4. The fraction of sp³-hybridized carbons (Fsp3) is 0.0667. The summed E-state index contributed by atoms with van der Waals surface area (Å²) in [4.78, 5) is 8.31. The van der Waals surface area contributed by atoms with Crippen LogP contribution in [-0.4, -0.2) is 24.7 Å². The number of aromatic hydroxyl groups is 2. The molecule has 0 saturated carbocycles. The van der Waals surface area contributed by atoms with Crippen LogP contribution in [-0.2, 0) is 6.54 Å². The Kier molecular flexibility index (Phi) is 3.42. The van der Waals surface area contributed by atoms with Crippen LogP contribution in [0.1, 0.15) is 5.56 Å². The number of pyridine rings is 1. The second kappa shape index (κ2) is 5.54. The molecule has 2 aromatic heterocycles. The second-order valence-corrected chi connectivity index (χ2v) is 4.55. The van der Waals surface area contributed by atoms with Gasteiger partial charge >= 0.3 is 0 Å². The summed E-state index contributed by atoms with van der Waals surface area (Å²) >= 11 is 0. The Morgan fingerprint density at radius 2 is 2.00 bits per heavy atom. The summed E-state index contributed by atoms with van der Waals surface area (Å²) in [5.74, 6) is 0.549. The molecule has 0 saturated heterocycles. The van der Waals surface area contributed by atoms with Crippen LogP contribution in [0.25, 0.3) is 5.82 Å². The van der Waals surface area contributed by atoms with Gasteiger partial charge in [-0.3, -0.25) is 4.57 Å². The van der Waals surface area contributed by atoms with Gasteiger partial charge in [0.25, 0.3) is 0 Å². The Balaban J connectivity index is 1.66. The molecule has 3 rings (SSSR count). The number of aromatic nitrogens is 3. The van der Waals surface area contributed by atoms with Gasteiger partial charge < -0.3 is 15.5 Å². The zero-order valence-corrected chi connectivity index (χ0v) is 11.1. The molecule has 3 N–H and O–H groups in total. The Morgan fingerprint density at radius 1 is 1.10 bits per heavy atom. The number of nitrogens with one attached hydrogen (secondary N) is 1. The van der Waals surface area contributed by atoms with Crippen LogP contribution in [0.5, 0.6) is 11.5 Å². The van der Waals surface area contributed by atoms with Crippen molar-refractivity contribution in [2.45, 2.75) is 6.54 Å². The van der Waals surface area contributed by atoms with E-state index < -0.39 is 0 Å². The van der Waals surface area contributed by atoms with E-state index in [1.807, 2.05) is 22.9 Å². The number of imidazole rings is 1. The van der Waals surface area contributed by atoms with Crippen molar-refractivity contribution in [3.63, 3.8) is 0 Å². The average molecular weight is 282 g/mol. The summed E-state index contributed by atoms with van der Waals surface area (Å²) in [7, 11) is 0. The van der Waals surface area contributed by atoms with Crippen LogP contribution >= 0.6 is 0 Å². The van der Waals surface area contributed by atoms with Crippen molar-refractivity contribution in [2.24, 2.45) is 0 Å². The topological polar surface area (TPSA) is 83.2 Å². The van der Waals surface area contributed by atoms with Crippen molar-refractivity contribution >= 4 is 5.69 Å². The quantitative estimate of drug-likeness (QED) is 0.639. The Bertz CT molecular complexity index is 724. The average Bonchev–Trinajstić information content (AvgIpc) is 3.03. The van der Waals surface area contributed by atoms with Gasteiger partial charge in [-0.1, -0.05) is 6.07 Å². The maximum atomic E-state index is 9.44. The highest BCUT2D eigenvalue weighted by molar-refractivity contribution is 5.46. The lowest BCUT2D eigenvalue weighted by Crippen LogP contribution is -2.01. The van der Waals surface area contributed by atoms with Crippen LogP contribution in [0.3, 0.4) is 0 Å². The lowest BCUT2D eigenvalue weighted by atomic mass is 10.2. The predicted molar refractivity (Wildman–Crippen MR) is 78.5 cm³/mol. The molecule has 1 aromatic carbocycles. The molecule has 0 unspecified atom stereocenters. The van der Waals surface area contributed by atoms with Crippen LogP contribution in [0.15, 0.2) is 55.2 Å². The molecule has 6 nitrogen and oxygen atoms in total. The minimum absolute atomic E-state index is 0.120. The third-order valence-electron chi connectivity index (χ3n) is 3.05. The first-order chi connectivity index (χ1) is 10.2. The van der Waals surface area contributed by atoms with Crippen molar-refractivity contribution in [1.29, 1.82) is 0 Å². The normalized spacial score (nSPS) is 10.5. The van der Waals surface area contributed by atoms with Crippen molar-refractivity contribution in [3.05, 3.63) is 60.8 Å². The molecule has 0 fully saturated rings. The van der Waals surface area contributed by atoms with Gasteiger partial charge in [0.2, 0.25) is 0 Å². The first-order valence-corrected chi connectivity index (χ1v) is 6.41. The summed E-state index contributed by atoms with van der Waals surface area (Å²) in [6, 6.07) is 8.54. The third-order valence-corrected chi connectivity index (χ3v) is 3.05. The maximum absolute atomic E-state index is 9.44. The fourth-order valence-corrected chi connectivity index (χ4v) is 1.92. The van der Waals surface area contributed by atoms with E-state index in [1.165, 1.54) is 12.1 Å². The van der Waals surface area contributed by atoms with Crippen molar-refractivity contribution in [2.75, 3.05) is 5.32 Å². The molecule has 2 heterocycles. The van der Waals surface area contributed by atoms with Crippen LogP contribution in [0.4, 0.5) is 5.69 Å². The standard InChI is InChI=1S/C15H14N4O2/c20-13-3-1-11(7-14(13)21)8-17-12-2-4-15(18-9-12)19-6-5-16-10-19/h1-7,9-10,17,20-21H,8H2. The van der Waals surface area contributed by atoms with E-state index in [4.69, 9.17) is 0 Å². The van der Waals surface area contributed by atoms with E-state index in [0.29, 0.717) is 6.54 Å². The van der Waals surface area contributed by atoms with Crippen LogP contribution < -0.4 is 5.32 Å². The Morgan fingerprint density at radius 3 is 2.67 bits per heavy atom. The fourth-order valence-electron chi connectivity index (χ4n) is 1.92. The van der Waals surface area contributed by atoms with Gasteiger partial charge in [-0.2, -0.15) is 0 Å². The Labute approximate surface area is 121 Å². The highest BCUT2D eigenvalue weighted by Gasteiger charge is 2.01. The molecule has 21 heavy (non-hydrogen) atoms. The van der Waals surface area contributed by atoms with E-state index in [9.17, 15) is 10.2 Å². The van der Waals surface area contributed by atoms with Crippen LogP contribution in [0.2, 0.25) is 0 Å². The SMILES string of the molecule is Oc1ccc(CNc2ccc(-n3ccnc3)nc2)cc1O. The first-order valence-electron chi connectivity index (χ1n) is 6.41. The van der Waals surface area contributed by atoms with Gasteiger partial charge in [-0.25, -0.2) is 9.97 Å². The molecular weight excluding hydrogens is 268 g/mol. The minimum atomic E-state index is -0.122. The summed E-state index contributed by atoms with van der Waals surface area (Å²) in [6.45, 7) is 0.528. The minimum Gasteiger partial charge on any atom is -0.504 e. The summed E-state index contributed by atoms with van der Waals surface area (Å²) in [6.07, 6.45) is 6.95. The third kappa shape index (κ3) is 2.94. The van der Waals surface area contributed by atoms with E-state index >= 15 is 0 Å². The summed E-state index contributed by atoms with van der Waals surface area (Å²) < 4.78 is 1.82. The molecule has 6 heteroatoms. The monoisotopic (exact) mass is 282 g/mol. The molecule has 106 valence electrons. The highest BCUT2D eigenvalue weighted by Crippen LogP contribution is 2.25. The van der Waals surface area contributed by atoms with Crippen molar-refractivity contribution < 1.29 is 10.2 Å². The molecule has 3 aromatic rings. The first kappa shape index (κ1) is 13.0. The zero-order chi connectivity index (χ0) is 14.7. The molecule has 0 aliphatic carbocycles. The summed E-state index contributed by atoms with van der Waals surface area (Å²) in [5, 5.41) is 21.9. The van der Waals surface area contributed by atoms with Gasteiger partial charge in [0.15, 0.2) is 11.5 Å². The van der Waals surface area contributed by atoms with Crippen LogP contribution in [0, 0.1) is 0 Å². The Hall–Kier alpha value is -3.02. The number of nitrogens with zero attached hydrogens (tertiary/aromatic N) is 3. The maximum Gasteiger partial charge on any atom is 0.157 e. The molecule has 0 radical (unpaired) electrons.